The lowest BCUT2D eigenvalue weighted by Gasteiger charge is -2.35. The minimum atomic E-state index is -0.505. The van der Waals surface area contributed by atoms with Crippen LogP contribution in [0.1, 0.15) is 36.6 Å². The first-order valence-electron chi connectivity index (χ1n) is 7.82. The molecule has 1 fully saturated rings. The molecule has 0 unspecified atom stereocenters. The molecule has 0 radical (unpaired) electrons. The lowest BCUT2D eigenvalue weighted by molar-refractivity contribution is 0.147. The molecule has 1 aliphatic heterocycles. The van der Waals surface area contributed by atoms with Gasteiger partial charge in [0.05, 0.1) is 11.7 Å². The van der Waals surface area contributed by atoms with Gasteiger partial charge in [-0.15, -0.1) is 0 Å². The van der Waals surface area contributed by atoms with Gasteiger partial charge in [-0.3, -0.25) is 9.88 Å². The number of pyridine rings is 1. The van der Waals surface area contributed by atoms with Crippen molar-refractivity contribution < 1.29 is 8.78 Å². The molecule has 116 valence electrons. The van der Waals surface area contributed by atoms with Crippen LogP contribution in [0.15, 0.2) is 42.6 Å². The first kappa shape index (κ1) is 15.1. The number of hydrogen-bond donors (Lipinski definition) is 0. The Morgan fingerprint density at radius 2 is 1.91 bits per heavy atom. The van der Waals surface area contributed by atoms with Crippen molar-refractivity contribution in [3.05, 3.63) is 65.5 Å². The van der Waals surface area contributed by atoms with Gasteiger partial charge in [0.25, 0.3) is 0 Å². The van der Waals surface area contributed by atoms with E-state index in [1.165, 1.54) is 25.0 Å². The highest BCUT2D eigenvalue weighted by atomic mass is 19.1. The fourth-order valence-electron chi connectivity index (χ4n) is 3.19. The van der Waals surface area contributed by atoms with Gasteiger partial charge in [0.15, 0.2) is 0 Å². The lowest BCUT2D eigenvalue weighted by atomic mass is 9.98. The van der Waals surface area contributed by atoms with Gasteiger partial charge in [-0.25, -0.2) is 8.78 Å². The monoisotopic (exact) mass is 302 g/mol. The van der Waals surface area contributed by atoms with Crippen molar-refractivity contribution in [1.82, 2.24) is 9.88 Å². The van der Waals surface area contributed by atoms with Crippen LogP contribution in [0.5, 0.6) is 0 Å². The highest BCUT2D eigenvalue weighted by Crippen LogP contribution is 2.29. The molecule has 0 bridgehead atoms. The third-order valence-corrected chi connectivity index (χ3v) is 4.25. The summed E-state index contributed by atoms with van der Waals surface area (Å²) < 4.78 is 26.5. The molecule has 1 saturated heterocycles. The largest absolute Gasteiger partial charge is 0.294 e. The smallest absolute Gasteiger partial charge is 0.126 e. The summed E-state index contributed by atoms with van der Waals surface area (Å²) in [5.74, 6) is -1.01. The number of halogens is 2. The summed E-state index contributed by atoms with van der Waals surface area (Å²) in [5.41, 5.74) is 1.80. The van der Waals surface area contributed by atoms with Crippen LogP contribution in [0.4, 0.5) is 8.78 Å². The van der Waals surface area contributed by atoms with Crippen LogP contribution in [-0.4, -0.2) is 23.0 Å². The van der Waals surface area contributed by atoms with Gasteiger partial charge < -0.3 is 0 Å². The van der Waals surface area contributed by atoms with Gasteiger partial charge in [-0.1, -0.05) is 12.5 Å². The number of aromatic nitrogens is 1. The Morgan fingerprint density at radius 3 is 2.64 bits per heavy atom. The Labute approximate surface area is 129 Å². The van der Waals surface area contributed by atoms with E-state index < -0.39 is 11.6 Å². The van der Waals surface area contributed by atoms with E-state index in [1.54, 1.807) is 0 Å². The zero-order valence-corrected chi connectivity index (χ0v) is 12.5. The van der Waals surface area contributed by atoms with Gasteiger partial charge in [0.2, 0.25) is 0 Å². The molecule has 1 atom stereocenters. The average molecular weight is 302 g/mol. The number of nitrogens with zero attached hydrogens (tertiary/aromatic N) is 2. The van der Waals surface area contributed by atoms with E-state index in [4.69, 9.17) is 0 Å². The molecule has 22 heavy (non-hydrogen) atoms. The van der Waals surface area contributed by atoms with E-state index >= 15 is 0 Å². The second-order valence-corrected chi connectivity index (χ2v) is 5.83. The molecular formula is C18H20F2N2. The molecule has 0 spiro atoms. The van der Waals surface area contributed by atoms with E-state index in [1.807, 2.05) is 18.3 Å². The zero-order chi connectivity index (χ0) is 15.4. The first-order chi connectivity index (χ1) is 10.7. The molecule has 2 nitrogen and oxygen atoms in total. The molecule has 1 aliphatic rings. The maximum absolute atomic E-state index is 13.3. The van der Waals surface area contributed by atoms with Crippen molar-refractivity contribution in [2.45, 2.75) is 31.7 Å². The van der Waals surface area contributed by atoms with Gasteiger partial charge in [0, 0.05) is 18.8 Å². The minimum absolute atomic E-state index is 0.313. The van der Waals surface area contributed by atoms with Crippen LogP contribution in [0.3, 0.4) is 0 Å². The zero-order valence-electron chi connectivity index (χ0n) is 12.5. The van der Waals surface area contributed by atoms with Crippen molar-refractivity contribution in [1.29, 1.82) is 0 Å². The van der Waals surface area contributed by atoms with Crippen molar-refractivity contribution in [3.8, 4) is 0 Å². The number of hydrogen-bond acceptors (Lipinski definition) is 2. The van der Waals surface area contributed by atoms with Crippen LogP contribution < -0.4 is 0 Å². The Morgan fingerprint density at radius 1 is 1.09 bits per heavy atom. The SMILES string of the molecule is Fc1cc(F)cc(CCN2CCCC[C@@H]2c2ccccn2)c1. The second kappa shape index (κ2) is 6.97. The second-order valence-electron chi connectivity index (χ2n) is 5.83. The van der Waals surface area contributed by atoms with Crippen LogP contribution in [0.25, 0.3) is 0 Å². The molecule has 0 amide bonds. The molecule has 1 aromatic heterocycles. The van der Waals surface area contributed by atoms with E-state index in [0.717, 1.165) is 31.3 Å². The average Bonchev–Trinajstić information content (AvgIpc) is 2.53. The summed E-state index contributed by atoms with van der Waals surface area (Å²) in [7, 11) is 0. The number of piperidine rings is 1. The molecular weight excluding hydrogens is 282 g/mol. The predicted molar refractivity (Wildman–Crippen MR) is 82.5 cm³/mol. The van der Waals surface area contributed by atoms with E-state index in [-0.39, 0.29) is 0 Å². The van der Waals surface area contributed by atoms with Crippen molar-refractivity contribution in [2.24, 2.45) is 0 Å². The summed E-state index contributed by atoms with van der Waals surface area (Å²) in [4.78, 5) is 6.86. The van der Waals surface area contributed by atoms with Gasteiger partial charge >= 0.3 is 0 Å². The summed E-state index contributed by atoms with van der Waals surface area (Å²) >= 11 is 0. The molecule has 0 N–H and O–H groups in total. The highest BCUT2D eigenvalue weighted by molar-refractivity contribution is 5.18. The maximum Gasteiger partial charge on any atom is 0.126 e. The van der Waals surface area contributed by atoms with Crippen LogP contribution in [0.2, 0.25) is 0 Å². The molecule has 3 rings (SSSR count). The van der Waals surface area contributed by atoms with Gasteiger partial charge in [-0.2, -0.15) is 0 Å². The fraction of sp³-hybridized carbons (Fsp3) is 0.389. The molecule has 2 aromatic rings. The van der Waals surface area contributed by atoms with Crippen molar-refractivity contribution >= 4 is 0 Å². The molecule has 0 saturated carbocycles. The Balaban J connectivity index is 1.69. The molecule has 0 aliphatic carbocycles. The quantitative estimate of drug-likeness (QED) is 0.844. The molecule has 1 aromatic carbocycles. The summed E-state index contributed by atoms with van der Waals surface area (Å²) in [6.07, 6.45) is 5.93. The maximum atomic E-state index is 13.3. The predicted octanol–water partition coefficient (Wildman–Crippen LogP) is 4.13. The van der Waals surface area contributed by atoms with Gasteiger partial charge in [0.1, 0.15) is 11.6 Å². The summed E-state index contributed by atoms with van der Waals surface area (Å²) in [6, 6.07) is 10.1. The first-order valence-corrected chi connectivity index (χ1v) is 7.82. The number of rotatable bonds is 4. The Kier molecular flexibility index (Phi) is 4.78. The Bertz CT molecular complexity index is 595. The van der Waals surface area contributed by atoms with Crippen LogP contribution in [-0.2, 0) is 6.42 Å². The van der Waals surface area contributed by atoms with E-state index in [9.17, 15) is 8.78 Å². The molecule has 2 heterocycles. The van der Waals surface area contributed by atoms with E-state index in [0.29, 0.717) is 18.0 Å². The standard InChI is InChI=1S/C18H20F2N2/c19-15-11-14(12-16(20)13-15)7-10-22-9-4-2-6-18(22)17-5-1-3-8-21-17/h1,3,5,8,11-13,18H,2,4,6-7,9-10H2/t18-/m1/s1. The van der Waals surface area contributed by atoms with Crippen LogP contribution in [0, 0.1) is 11.6 Å². The topological polar surface area (TPSA) is 16.1 Å². The van der Waals surface area contributed by atoms with E-state index in [2.05, 4.69) is 16.0 Å². The van der Waals surface area contributed by atoms with Crippen LogP contribution >= 0.6 is 0 Å². The fourth-order valence-corrected chi connectivity index (χ4v) is 3.19. The van der Waals surface area contributed by atoms with Gasteiger partial charge in [-0.05, 0) is 55.6 Å². The van der Waals surface area contributed by atoms with Crippen molar-refractivity contribution in [2.75, 3.05) is 13.1 Å². The third-order valence-electron chi connectivity index (χ3n) is 4.25. The number of likely N-dealkylation sites (tertiary alicyclic amines) is 1. The summed E-state index contributed by atoms with van der Waals surface area (Å²) in [6.45, 7) is 1.81. The highest BCUT2D eigenvalue weighted by Gasteiger charge is 2.24. The Hall–Kier alpha value is -1.81. The third kappa shape index (κ3) is 3.69. The lowest BCUT2D eigenvalue weighted by Crippen LogP contribution is -2.35. The number of benzene rings is 1. The summed E-state index contributed by atoms with van der Waals surface area (Å²) in [5, 5.41) is 0. The minimum Gasteiger partial charge on any atom is -0.294 e. The van der Waals surface area contributed by atoms with Crippen molar-refractivity contribution in [3.63, 3.8) is 0 Å². The molecule has 4 heteroatoms. The normalized spacial score (nSPS) is 19.3.